The van der Waals surface area contributed by atoms with Crippen molar-refractivity contribution in [2.45, 2.75) is 58.0 Å². The van der Waals surface area contributed by atoms with Crippen molar-refractivity contribution in [3.8, 4) is 0 Å². The average molecular weight is 274 g/mol. The van der Waals surface area contributed by atoms with Gasteiger partial charge in [0.05, 0.1) is 0 Å². The molecule has 0 aromatic heterocycles. The first-order valence-corrected chi connectivity index (χ1v) is 8.04. The van der Waals surface area contributed by atoms with Crippen molar-refractivity contribution in [3.05, 3.63) is 35.9 Å². The van der Waals surface area contributed by atoms with E-state index in [0.717, 1.165) is 19.1 Å². The van der Waals surface area contributed by atoms with Gasteiger partial charge in [0.2, 0.25) is 0 Å². The molecule has 0 radical (unpaired) electrons. The third-order valence-electron chi connectivity index (χ3n) is 4.61. The van der Waals surface area contributed by atoms with Crippen molar-refractivity contribution in [2.75, 3.05) is 19.6 Å². The Hall–Kier alpha value is -0.860. The predicted octanol–water partition coefficient (Wildman–Crippen LogP) is 3.43. The second-order valence-corrected chi connectivity index (χ2v) is 6.92. The summed E-state index contributed by atoms with van der Waals surface area (Å²) in [7, 11) is 0. The van der Waals surface area contributed by atoms with Gasteiger partial charge in [-0.1, -0.05) is 51.1 Å². The maximum atomic E-state index is 3.65. The number of nitrogens with zero attached hydrogens (tertiary/aromatic N) is 1. The summed E-state index contributed by atoms with van der Waals surface area (Å²) in [6.07, 6.45) is 2.70. The number of likely N-dealkylation sites (tertiary alicyclic amines) is 1. The molecule has 2 nitrogen and oxygen atoms in total. The lowest BCUT2D eigenvalue weighted by Gasteiger charge is -2.37. The SMILES string of the molecule is CC(C)NCC(C)(CN1CCCC1C)c1ccccc1. The molecule has 0 bridgehead atoms. The largest absolute Gasteiger partial charge is 0.314 e. The Bertz CT molecular complexity index is 401. The summed E-state index contributed by atoms with van der Waals surface area (Å²) in [5, 5.41) is 3.65. The minimum Gasteiger partial charge on any atom is -0.314 e. The van der Waals surface area contributed by atoms with E-state index in [1.807, 2.05) is 0 Å². The molecule has 2 heteroatoms. The van der Waals surface area contributed by atoms with Gasteiger partial charge in [-0.05, 0) is 31.9 Å². The number of rotatable bonds is 6. The summed E-state index contributed by atoms with van der Waals surface area (Å²) < 4.78 is 0. The fourth-order valence-electron chi connectivity index (χ4n) is 3.20. The Labute approximate surface area is 124 Å². The lowest BCUT2D eigenvalue weighted by Crippen LogP contribution is -2.47. The van der Waals surface area contributed by atoms with Crippen molar-refractivity contribution < 1.29 is 0 Å². The molecule has 1 aromatic rings. The van der Waals surface area contributed by atoms with Gasteiger partial charge in [-0.2, -0.15) is 0 Å². The zero-order valence-electron chi connectivity index (χ0n) is 13.5. The highest BCUT2D eigenvalue weighted by Crippen LogP contribution is 2.28. The number of hydrogen-bond acceptors (Lipinski definition) is 2. The standard InChI is InChI=1S/C18H30N2/c1-15(2)19-13-18(4,17-10-6-5-7-11-17)14-20-12-8-9-16(20)3/h5-7,10-11,15-16,19H,8-9,12-14H2,1-4H3. The van der Waals surface area contributed by atoms with E-state index in [1.165, 1.54) is 24.9 Å². The van der Waals surface area contributed by atoms with Gasteiger partial charge >= 0.3 is 0 Å². The topological polar surface area (TPSA) is 15.3 Å². The summed E-state index contributed by atoms with van der Waals surface area (Å²) in [5.74, 6) is 0. The van der Waals surface area contributed by atoms with Crippen molar-refractivity contribution in [2.24, 2.45) is 0 Å². The molecule has 0 aliphatic carbocycles. The maximum Gasteiger partial charge on any atom is 0.0177 e. The van der Waals surface area contributed by atoms with E-state index < -0.39 is 0 Å². The predicted molar refractivity (Wildman–Crippen MR) is 87.2 cm³/mol. The molecule has 0 amide bonds. The van der Waals surface area contributed by atoms with E-state index in [9.17, 15) is 0 Å². The lowest BCUT2D eigenvalue weighted by molar-refractivity contribution is 0.203. The monoisotopic (exact) mass is 274 g/mol. The van der Waals surface area contributed by atoms with Crippen LogP contribution in [0, 0.1) is 0 Å². The van der Waals surface area contributed by atoms with E-state index in [4.69, 9.17) is 0 Å². The summed E-state index contributed by atoms with van der Waals surface area (Å²) in [4.78, 5) is 2.66. The fourth-order valence-corrected chi connectivity index (χ4v) is 3.20. The molecule has 2 unspecified atom stereocenters. The highest BCUT2D eigenvalue weighted by atomic mass is 15.2. The third-order valence-corrected chi connectivity index (χ3v) is 4.61. The van der Waals surface area contributed by atoms with Crippen molar-refractivity contribution in [3.63, 3.8) is 0 Å². The van der Waals surface area contributed by atoms with Crippen LogP contribution in [0.2, 0.25) is 0 Å². The molecule has 1 aliphatic rings. The Morgan fingerprint density at radius 3 is 2.55 bits per heavy atom. The second kappa shape index (κ2) is 6.73. The fraction of sp³-hybridized carbons (Fsp3) is 0.667. The molecule has 1 aliphatic heterocycles. The average Bonchev–Trinajstić information content (AvgIpc) is 2.83. The Morgan fingerprint density at radius 1 is 1.30 bits per heavy atom. The molecule has 0 spiro atoms. The first-order valence-electron chi connectivity index (χ1n) is 8.04. The van der Waals surface area contributed by atoms with E-state index in [1.54, 1.807) is 0 Å². The zero-order valence-corrected chi connectivity index (χ0v) is 13.5. The van der Waals surface area contributed by atoms with Gasteiger partial charge in [-0.25, -0.2) is 0 Å². The quantitative estimate of drug-likeness (QED) is 0.855. The van der Waals surface area contributed by atoms with Crippen LogP contribution in [0.5, 0.6) is 0 Å². The minimum absolute atomic E-state index is 0.185. The molecule has 1 aromatic carbocycles. The van der Waals surface area contributed by atoms with Gasteiger partial charge in [0.1, 0.15) is 0 Å². The molecule has 2 rings (SSSR count). The Kier molecular flexibility index (Phi) is 5.22. The van der Waals surface area contributed by atoms with Crippen LogP contribution >= 0.6 is 0 Å². The third kappa shape index (κ3) is 3.83. The first kappa shape index (κ1) is 15.5. The van der Waals surface area contributed by atoms with Gasteiger partial charge in [0.15, 0.2) is 0 Å². The van der Waals surface area contributed by atoms with Crippen LogP contribution in [-0.4, -0.2) is 36.6 Å². The van der Waals surface area contributed by atoms with E-state index in [2.05, 4.69) is 68.2 Å². The van der Waals surface area contributed by atoms with Crippen LogP contribution in [0.4, 0.5) is 0 Å². The molecule has 20 heavy (non-hydrogen) atoms. The highest BCUT2D eigenvalue weighted by Gasteiger charge is 2.32. The van der Waals surface area contributed by atoms with Crippen LogP contribution < -0.4 is 5.32 Å². The summed E-state index contributed by atoms with van der Waals surface area (Å²) in [6.45, 7) is 12.7. The first-order chi connectivity index (χ1) is 9.51. The highest BCUT2D eigenvalue weighted by molar-refractivity contribution is 5.26. The molecule has 2 atom stereocenters. The van der Waals surface area contributed by atoms with Gasteiger partial charge < -0.3 is 5.32 Å². The van der Waals surface area contributed by atoms with Gasteiger partial charge in [0, 0.05) is 30.6 Å². The van der Waals surface area contributed by atoms with E-state index in [-0.39, 0.29) is 5.41 Å². The normalized spacial score (nSPS) is 23.1. The van der Waals surface area contributed by atoms with E-state index in [0.29, 0.717) is 6.04 Å². The van der Waals surface area contributed by atoms with Crippen molar-refractivity contribution >= 4 is 0 Å². The Balaban J connectivity index is 2.15. The van der Waals surface area contributed by atoms with Gasteiger partial charge in [-0.3, -0.25) is 4.90 Å². The zero-order chi connectivity index (χ0) is 14.6. The summed E-state index contributed by atoms with van der Waals surface area (Å²) >= 11 is 0. The van der Waals surface area contributed by atoms with Crippen LogP contribution in [0.1, 0.15) is 46.1 Å². The van der Waals surface area contributed by atoms with Crippen LogP contribution in [0.25, 0.3) is 0 Å². The molecule has 1 heterocycles. The second-order valence-electron chi connectivity index (χ2n) is 6.92. The smallest absolute Gasteiger partial charge is 0.0177 e. The van der Waals surface area contributed by atoms with Crippen LogP contribution in [-0.2, 0) is 5.41 Å². The molecule has 1 N–H and O–H groups in total. The van der Waals surface area contributed by atoms with Gasteiger partial charge in [-0.15, -0.1) is 0 Å². The molecule has 1 fully saturated rings. The number of hydrogen-bond donors (Lipinski definition) is 1. The minimum atomic E-state index is 0.185. The molecular weight excluding hydrogens is 244 g/mol. The molecule has 0 saturated carbocycles. The van der Waals surface area contributed by atoms with Crippen molar-refractivity contribution in [1.29, 1.82) is 0 Å². The molecule has 1 saturated heterocycles. The van der Waals surface area contributed by atoms with Crippen LogP contribution in [0.15, 0.2) is 30.3 Å². The molecular formula is C18H30N2. The van der Waals surface area contributed by atoms with Crippen molar-refractivity contribution in [1.82, 2.24) is 10.2 Å². The lowest BCUT2D eigenvalue weighted by atomic mass is 9.81. The summed E-state index contributed by atoms with van der Waals surface area (Å²) in [5.41, 5.74) is 1.64. The number of benzene rings is 1. The number of nitrogens with one attached hydrogen (secondary N) is 1. The van der Waals surface area contributed by atoms with E-state index >= 15 is 0 Å². The molecule has 112 valence electrons. The Morgan fingerprint density at radius 2 is 2.00 bits per heavy atom. The van der Waals surface area contributed by atoms with Gasteiger partial charge in [0.25, 0.3) is 0 Å². The summed E-state index contributed by atoms with van der Waals surface area (Å²) in [6, 6.07) is 12.3. The van der Waals surface area contributed by atoms with Crippen LogP contribution in [0.3, 0.4) is 0 Å². The maximum absolute atomic E-state index is 3.65.